The van der Waals surface area contributed by atoms with Crippen LogP contribution in [0.15, 0.2) is 36.0 Å². The van der Waals surface area contributed by atoms with E-state index in [-0.39, 0.29) is 48.5 Å². The number of allylic oxidation sites excluding steroid dienone is 2. The molecule has 47 heavy (non-hydrogen) atoms. The van der Waals surface area contributed by atoms with Crippen molar-refractivity contribution in [2.24, 2.45) is 17.8 Å². The molecule has 3 N–H and O–H groups in total. The van der Waals surface area contributed by atoms with Gasteiger partial charge in [-0.25, -0.2) is 4.79 Å². The Kier molecular flexibility index (Phi) is 12.8. The van der Waals surface area contributed by atoms with Gasteiger partial charge in [0.2, 0.25) is 0 Å². The van der Waals surface area contributed by atoms with Gasteiger partial charge in [0.15, 0.2) is 0 Å². The Labute approximate surface area is 281 Å². The van der Waals surface area contributed by atoms with Crippen molar-refractivity contribution in [1.82, 2.24) is 9.80 Å². The summed E-state index contributed by atoms with van der Waals surface area (Å²) in [7, 11) is 0. The summed E-state index contributed by atoms with van der Waals surface area (Å²) in [6.07, 6.45) is 9.24. The lowest BCUT2D eigenvalue weighted by Crippen LogP contribution is -2.51. The van der Waals surface area contributed by atoms with Gasteiger partial charge in [0.25, 0.3) is 0 Å². The Hall–Kier alpha value is -2.24. The van der Waals surface area contributed by atoms with Gasteiger partial charge < -0.3 is 34.4 Å². The van der Waals surface area contributed by atoms with Crippen molar-refractivity contribution in [1.29, 1.82) is 0 Å². The second-order valence-corrected chi connectivity index (χ2v) is 15.2. The summed E-state index contributed by atoms with van der Waals surface area (Å²) in [5, 5.41) is 31.8. The Morgan fingerprint density at radius 3 is 2.53 bits per heavy atom. The quantitative estimate of drug-likeness (QED) is 0.131. The van der Waals surface area contributed by atoms with Crippen LogP contribution in [0.2, 0.25) is 0 Å². The summed E-state index contributed by atoms with van der Waals surface area (Å²) in [6, 6.07) is 0.994. The van der Waals surface area contributed by atoms with E-state index in [4.69, 9.17) is 14.2 Å². The molecule has 1 amide bonds. The van der Waals surface area contributed by atoms with Crippen molar-refractivity contribution in [3.63, 3.8) is 0 Å². The number of esters is 1. The highest BCUT2D eigenvalue weighted by Gasteiger charge is 2.48. The van der Waals surface area contributed by atoms with Crippen molar-refractivity contribution in [2.45, 2.75) is 154 Å². The largest absolute Gasteiger partial charge is 0.457 e. The van der Waals surface area contributed by atoms with E-state index in [1.54, 1.807) is 19.1 Å². The number of aliphatic hydroxyl groups excluding tert-OH is 2. The zero-order valence-electron chi connectivity index (χ0n) is 29.7. The highest BCUT2D eigenvalue weighted by atomic mass is 16.6. The first-order valence-electron chi connectivity index (χ1n) is 17.8. The normalized spacial score (nSPS) is 37.2. The molecule has 10 nitrogen and oxygen atoms in total. The maximum absolute atomic E-state index is 13.4. The molecular weight excluding hydrogens is 600 g/mol. The monoisotopic (exact) mass is 660 g/mol. The molecule has 0 aliphatic carbocycles. The molecule has 266 valence electrons. The Balaban J connectivity index is 1.43. The number of fused-ring (bicyclic) bond motifs is 2. The molecule has 0 aromatic heterocycles. The molecule has 0 spiro atoms. The average Bonchev–Trinajstić information content (AvgIpc) is 3.43. The third-order valence-electron chi connectivity index (χ3n) is 10.7. The van der Waals surface area contributed by atoms with Gasteiger partial charge in [0.05, 0.1) is 36.4 Å². The zero-order chi connectivity index (χ0) is 34.6. The summed E-state index contributed by atoms with van der Waals surface area (Å²) in [4.78, 5) is 30.6. The molecule has 0 aromatic rings. The number of cyclic esters (lactones) is 1. The summed E-state index contributed by atoms with van der Waals surface area (Å²) in [5.41, 5.74) is -0.347. The molecule has 2 bridgehead atoms. The van der Waals surface area contributed by atoms with E-state index in [2.05, 4.69) is 18.7 Å². The number of likely N-dealkylation sites (tertiary alicyclic amines) is 2. The predicted molar refractivity (Wildman–Crippen MR) is 180 cm³/mol. The molecule has 0 radical (unpaired) electrons. The molecule has 3 saturated heterocycles. The topological polar surface area (TPSA) is 132 Å². The van der Waals surface area contributed by atoms with Crippen LogP contribution in [0, 0.1) is 17.8 Å². The minimum Gasteiger partial charge on any atom is -0.457 e. The van der Waals surface area contributed by atoms with Gasteiger partial charge in [-0.3, -0.25) is 9.69 Å². The number of carbonyl (C=O) groups excluding carboxylic acids is 2. The van der Waals surface area contributed by atoms with E-state index in [0.717, 1.165) is 18.5 Å². The van der Waals surface area contributed by atoms with Crippen LogP contribution in [-0.2, 0) is 19.0 Å². The average molecular weight is 661 g/mol. The van der Waals surface area contributed by atoms with Gasteiger partial charge >= 0.3 is 12.1 Å². The van der Waals surface area contributed by atoms with Crippen LogP contribution >= 0.6 is 0 Å². The number of aliphatic hydroxyl groups is 3. The van der Waals surface area contributed by atoms with E-state index in [1.807, 2.05) is 57.7 Å². The lowest BCUT2D eigenvalue weighted by atomic mass is 9.91. The molecule has 3 fully saturated rings. The molecule has 4 aliphatic heterocycles. The Morgan fingerprint density at radius 2 is 1.89 bits per heavy atom. The summed E-state index contributed by atoms with van der Waals surface area (Å²) < 4.78 is 17.8. The van der Waals surface area contributed by atoms with E-state index in [1.165, 1.54) is 0 Å². The van der Waals surface area contributed by atoms with Crippen molar-refractivity contribution >= 4 is 12.1 Å². The van der Waals surface area contributed by atoms with Crippen LogP contribution < -0.4 is 0 Å². The standard InChI is InChI=1S/C37H60N2O8/c1-9-30(41)26(7)35-32(45-35)19-37(8,44)16-10-11-24(5)34-25(6)13-15-31(23(4)12-14-29(40)18-33(42)47-34)46-36(43)39-21-27-17-28(39)20-38(27)22(2)3/h10-11,13,15-16,22-23,25-32,34-35,40-41,44H,9,12,14,17-21H2,1-8H3/b15-13+,16-10+,24-11+/t23?,25?,26?,27-,28-,29?,30?,31?,32?,34?,35?,37?/m0/s1. The number of piperazine rings is 1. The lowest BCUT2D eigenvalue weighted by Gasteiger charge is -2.36. The molecule has 4 heterocycles. The van der Waals surface area contributed by atoms with Crippen LogP contribution in [-0.4, -0.2) is 111 Å². The third kappa shape index (κ3) is 9.91. The first-order valence-corrected chi connectivity index (χ1v) is 17.8. The first kappa shape index (κ1) is 37.6. The lowest BCUT2D eigenvalue weighted by molar-refractivity contribution is -0.151. The fourth-order valence-electron chi connectivity index (χ4n) is 7.54. The van der Waals surface area contributed by atoms with Gasteiger partial charge in [0.1, 0.15) is 12.2 Å². The van der Waals surface area contributed by atoms with Gasteiger partial charge in [0, 0.05) is 49.5 Å². The van der Waals surface area contributed by atoms with Gasteiger partial charge in [-0.05, 0) is 70.9 Å². The maximum atomic E-state index is 13.4. The number of rotatable bonds is 10. The zero-order valence-corrected chi connectivity index (χ0v) is 29.7. The first-order chi connectivity index (χ1) is 22.1. The van der Waals surface area contributed by atoms with E-state index < -0.39 is 36.0 Å². The van der Waals surface area contributed by atoms with E-state index in [9.17, 15) is 24.9 Å². The minimum atomic E-state index is -1.12. The smallest absolute Gasteiger partial charge is 0.410 e. The molecule has 12 atom stereocenters. The van der Waals surface area contributed by atoms with Gasteiger partial charge in [-0.1, -0.05) is 52.0 Å². The summed E-state index contributed by atoms with van der Waals surface area (Å²) >= 11 is 0. The van der Waals surface area contributed by atoms with Crippen molar-refractivity contribution in [3.05, 3.63) is 36.0 Å². The molecule has 0 saturated carbocycles. The van der Waals surface area contributed by atoms with Crippen LogP contribution in [0.3, 0.4) is 0 Å². The molecule has 4 aliphatic rings. The van der Waals surface area contributed by atoms with Gasteiger partial charge in [-0.2, -0.15) is 0 Å². The van der Waals surface area contributed by atoms with Crippen LogP contribution in [0.4, 0.5) is 4.79 Å². The number of carbonyl (C=O) groups is 2. The SMILES string of the molecule is CCC(O)C(C)C1OC1CC(C)(O)/C=C/C=C(\C)C1OC(=O)CC(O)CCC(C)C(OC(=O)N2C[C@@H]3C[C@H]2CN3C(C)C)/C=C/C1C. The summed E-state index contributed by atoms with van der Waals surface area (Å²) in [5.74, 6) is -0.762. The van der Waals surface area contributed by atoms with E-state index in [0.29, 0.717) is 44.3 Å². The molecule has 4 rings (SSSR count). The summed E-state index contributed by atoms with van der Waals surface area (Å²) in [6.45, 7) is 17.4. The number of nitrogens with zero attached hydrogens (tertiary/aromatic N) is 2. The van der Waals surface area contributed by atoms with Crippen molar-refractivity contribution in [3.8, 4) is 0 Å². The maximum Gasteiger partial charge on any atom is 0.410 e. The highest BCUT2D eigenvalue weighted by Crippen LogP contribution is 2.38. The second kappa shape index (κ2) is 16.0. The Morgan fingerprint density at radius 1 is 1.17 bits per heavy atom. The van der Waals surface area contributed by atoms with Crippen LogP contribution in [0.1, 0.15) is 93.9 Å². The number of hydrogen-bond acceptors (Lipinski definition) is 9. The number of ether oxygens (including phenoxy) is 3. The van der Waals surface area contributed by atoms with Gasteiger partial charge in [-0.15, -0.1) is 0 Å². The fraction of sp³-hybridized carbons (Fsp3) is 0.784. The molecule has 10 heteroatoms. The predicted octanol–water partition coefficient (Wildman–Crippen LogP) is 4.76. The number of epoxide rings is 1. The fourth-order valence-corrected chi connectivity index (χ4v) is 7.54. The number of hydrogen-bond donors (Lipinski definition) is 3. The van der Waals surface area contributed by atoms with Crippen LogP contribution in [0.5, 0.6) is 0 Å². The minimum absolute atomic E-state index is 0.00728. The highest BCUT2D eigenvalue weighted by molar-refractivity contribution is 5.70. The Bertz CT molecular complexity index is 1170. The van der Waals surface area contributed by atoms with Crippen molar-refractivity contribution in [2.75, 3.05) is 13.1 Å². The molecule has 10 unspecified atom stereocenters. The third-order valence-corrected chi connectivity index (χ3v) is 10.7. The van der Waals surface area contributed by atoms with E-state index >= 15 is 0 Å². The van der Waals surface area contributed by atoms with Crippen molar-refractivity contribution < 1.29 is 39.1 Å². The molecular formula is C37H60N2O8. The molecule has 0 aromatic carbocycles. The second-order valence-electron chi connectivity index (χ2n) is 15.2. The van der Waals surface area contributed by atoms with Crippen LogP contribution in [0.25, 0.3) is 0 Å². The number of amides is 1.